The van der Waals surface area contributed by atoms with Crippen molar-refractivity contribution in [1.29, 1.82) is 0 Å². The minimum atomic E-state index is 1.05. The van der Waals surface area contributed by atoms with E-state index in [9.17, 15) is 0 Å². The summed E-state index contributed by atoms with van der Waals surface area (Å²) in [6, 6.07) is 17.1. The standard InChI is InChI=1S/C18H20/c1-4-15-10-6-8-12-17(15)14(3)18-13-9-7-11-16(18)5-2/h6-13H,3-5H2,1-2H3. The van der Waals surface area contributed by atoms with Crippen molar-refractivity contribution in [3.63, 3.8) is 0 Å². The lowest BCUT2D eigenvalue weighted by molar-refractivity contribution is 1.11. The predicted octanol–water partition coefficient (Wildman–Crippen LogP) is 4.87. The maximum atomic E-state index is 4.31. The molecule has 0 spiro atoms. The lowest BCUT2D eigenvalue weighted by Crippen LogP contribution is -1.96. The van der Waals surface area contributed by atoms with Gasteiger partial charge in [0, 0.05) is 0 Å². The van der Waals surface area contributed by atoms with Gasteiger partial charge in [-0.25, -0.2) is 0 Å². The molecule has 0 heteroatoms. The van der Waals surface area contributed by atoms with Crippen LogP contribution in [-0.4, -0.2) is 0 Å². The average molecular weight is 236 g/mol. The Balaban J connectivity index is 2.48. The summed E-state index contributed by atoms with van der Waals surface area (Å²) in [4.78, 5) is 0. The van der Waals surface area contributed by atoms with Crippen LogP contribution in [0, 0.1) is 0 Å². The van der Waals surface area contributed by atoms with Gasteiger partial charge in [-0.3, -0.25) is 0 Å². The van der Waals surface area contributed by atoms with E-state index in [4.69, 9.17) is 0 Å². The number of rotatable bonds is 4. The van der Waals surface area contributed by atoms with Gasteiger partial charge in [0.05, 0.1) is 0 Å². The summed E-state index contributed by atoms with van der Waals surface area (Å²) >= 11 is 0. The Morgan fingerprint density at radius 2 is 1.17 bits per heavy atom. The molecule has 0 bridgehead atoms. The number of hydrogen-bond acceptors (Lipinski definition) is 0. The fraction of sp³-hybridized carbons (Fsp3) is 0.222. The monoisotopic (exact) mass is 236 g/mol. The van der Waals surface area contributed by atoms with E-state index < -0.39 is 0 Å². The van der Waals surface area contributed by atoms with Gasteiger partial charge in [0.15, 0.2) is 0 Å². The molecule has 2 rings (SSSR count). The van der Waals surface area contributed by atoms with Crippen LogP contribution in [0.1, 0.15) is 36.1 Å². The lowest BCUT2D eigenvalue weighted by Gasteiger charge is -2.14. The van der Waals surface area contributed by atoms with Crippen molar-refractivity contribution >= 4 is 5.57 Å². The molecule has 0 radical (unpaired) electrons. The highest BCUT2D eigenvalue weighted by Gasteiger charge is 2.09. The van der Waals surface area contributed by atoms with Crippen molar-refractivity contribution in [1.82, 2.24) is 0 Å². The quantitative estimate of drug-likeness (QED) is 0.710. The van der Waals surface area contributed by atoms with E-state index >= 15 is 0 Å². The maximum Gasteiger partial charge on any atom is -0.0152 e. The highest BCUT2D eigenvalue weighted by Crippen LogP contribution is 2.27. The molecule has 0 aromatic heterocycles. The van der Waals surface area contributed by atoms with Crippen molar-refractivity contribution in [2.45, 2.75) is 26.7 Å². The van der Waals surface area contributed by atoms with Crippen molar-refractivity contribution in [2.24, 2.45) is 0 Å². The van der Waals surface area contributed by atoms with Crippen LogP contribution in [0.15, 0.2) is 55.1 Å². The minimum Gasteiger partial charge on any atom is -0.0905 e. The van der Waals surface area contributed by atoms with Crippen LogP contribution in [0.3, 0.4) is 0 Å². The van der Waals surface area contributed by atoms with Crippen LogP contribution < -0.4 is 0 Å². The van der Waals surface area contributed by atoms with Crippen molar-refractivity contribution in [3.05, 3.63) is 77.4 Å². The zero-order chi connectivity index (χ0) is 13.0. The number of benzene rings is 2. The van der Waals surface area contributed by atoms with Crippen LogP contribution in [-0.2, 0) is 12.8 Å². The normalized spacial score (nSPS) is 10.3. The first kappa shape index (κ1) is 12.6. The summed E-state index contributed by atoms with van der Waals surface area (Å²) < 4.78 is 0. The fourth-order valence-electron chi connectivity index (χ4n) is 2.39. The molecular formula is C18H20. The molecule has 18 heavy (non-hydrogen) atoms. The Hall–Kier alpha value is -1.82. The maximum absolute atomic E-state index is 4.31. The molecule has 0 aliphatic heterocycles. The summed E-state index contributed by atoms with van der Waals surface area (Å²) in [6.07, 6.45) is 2.09. The molecule has 0 saturated carbocycles. The fourth-order valence-corrected chi connectivity index (χ4v) is 2.39. The summed E-state index contributed by atoms with van der Waals surface area (Å²) in [7, 11) is 0. The van der Waals surface area contributed by atoms with Gasteiger partial charge in [-0.05, 0) is 40.7 Å². The molecule has 2 aromatic carbocycles. The molecule has 0 aliphatic carbocycles. The third kappa shape index (κ3) is 2.38. The summed E-state index contributed by atoms with van der Waals surface area (Å²) in [5, 5.41) is 0. The van der Waals surface area contributed by atoms with E-state index in [0.29, 0.717) is 0 Å². The molecule has 0 N–H and O–H groups in total. The lowest BCUT2D eigenvalue weighted by atomic mass is 9.91. The van der Waals surface area contributed by atoms with E-state index in [0.717, 1.165) is 18.4 Å². The first-order valence-corrected chi connectivity index (χ1v) is 6.63. The summed E-state index contributed by atoms with van der Waals surface area (Å²) in [5.41, 5.74) is 6.44. The van der Waals surface area contributed by atoms with Crippen molar-refractivity contribution < 1.29 is 0 Å². The second-order valence-electron chi connectivity index (χ2n) is 4.50. The molecule has 0 heterocycles. The second-order valence-corrected chi connectivity index (χ2v) is 4.50. The highest BCUT2D eigenvalue weighted by molar-refractivity contribution is 5.81. The molecule has 0 atom stereocenters. The van der Waals surface area contributed by atoms with Gasteiger partial charge in [0.25, 0.3) is 0 Å². The Bertz CT molecular complexity index is 500. The molecule has 0 aliphatic rings. The summed E-state index contributed by atoms with van der Waals surface area (Å²) in [6.45, 7) is 8.70. The van der Waals surface area contributed by atoms with Crippen molar-refractivity contribution in [3.8, 4) is 0 Å². The topological polar surface area (TPSA) is 0 Å². The Morgan fingerprint density at radius 3 is 1.56 bits per heavy atom. The minimum absolute atomic E-state index is 1.05. The van der Waals surface area contributed by atoms with Gasteiger partial charge in [-0.15, -0.1) is 0 Å². The van der Waals surface area contributed by atoms with Gasteiger partial charge >= 0.3 is 0 Å². The van der Waals surface area contributed by atoms with Crippen LogP contribution in [0.2, 0.25) is 0 Å². The highest BCUT2D eigenvalue weighted by atomic mass is 14.1. The molecule has 2 aromatic rings. The smallest absolute Gasteiger partial charge is 0.0152 e. The molecule has 0 nitrogen and oxygen atoms in total. The zero-order valence-electron chi connectivity index (χ0n) is 11.2. The van der Waals surface area contributed by atoms with Crippen LogP contribution in [0.4, 0.5) is 0 Å². The number of aryl methyl sites for hydroxylation is 2. The van der Waals surface area contributed by atoms with E-state index in [-0.39, 0.29) is 0 Å². The zero-order valence-corrected chi connectivity index (χ0v) is 11.2. The first-order chi connectivity index (χ1) is 8.77. The number of hydrogen-bond donors (Lipinski definition) is 0. The van der Waals surface area contributed by atoms with Gasteiger partial charge in [0.1, 0.15) is 0 Å². The van der Waals surface area contributed by atoms with Gasteiger partial charge in [-0.1, -0.05) is 69.0 Å². The molecule has 0 fully saturated rings. The van der Waals surface area contributed by atoms with Gasteiger partial charge in [-0.2, -0.15) is 0 Å². The largest absolute Gasteiger partial charge is 0.0905 e. The third-order valence-corrected chi connectivity index (χ3v) is 3.45. The first-order valence-electron chi connectivity index (χ1n) is 6.63. The van der Waals surface area contributed by atoms with E-state index in [2.05, 4.69) is 69.0 Å². The molecule has 0 saturated heterocycles. The molecule has 92 valence electrons. The van der Waals surface area contributed by atoms with E-state index in [1.54, 1.807) is 0 Å². The van der Waals surface area contributed by atoms with Gasteiger partial charge in [0.2, 0.25) is 0 Å². The Kier molecular flexibility index (Phi) is 3.99. The van der Waals surface area contributed by atoms with E-state index in [1.807, 2.05) is 0 Å². The Labute approximate surface area is 110 Å². The SMILES string of the molecule is C=C(c1ccccc1CC)c1ccccc1CC. The van der Waals surface area contributed by atoms with Gasteiger partial charge < -0.3 is 0 Å². The van der Waals surface area contributed by atoms with Crippen LogP contribution in [0.25, 0.3) is 5.57 Å². The third-order valence-electron chi connectivity index (χ3n) is 3.45. The summed E-state index contributed by atoms with van der Waals surface area (Å²) in [5.74, 6) is 0. The van der Waals surface area contributed by atoms with Crippen LogP contribution in [0.5, 0.6) is 0 Å². The predicted molar refractivity (Wildman–Crippen MR) is 79.8 cm³/mol. The van der Waals surface area contributed by atoms with Crippen LogP contribution >= 0.6 is 0 Å². The van der Waals surface area contributed by atoms with Crippen molar-refractivity contribution in [2.75, 3.05) is 0 Å². The van der Waals surface area contributed by atoms with E-state index in [1.165, 1.54) is 22.3 Å². The average Bonchev–Trinajstić information content (AvgIpc) is 2.46. The molecular weight excluding hydrogens is 216 g/mol. The Morgan fingerprint density at radius 1 is 0.778 bits per heavy atom. The molecule has 0 amide bonds. The second kappa shape index (κ2) is 5.68. The molecule has 0 unspecified atom stereocenters.